The number of benzene rings is 2. The number of piperazine rings is 1. The van der Waals surface area contributed by atoms with Crippen LogP contribution in [-0.4, -0.2) is 53.8 Å². The van der Waals surface area contributed by atoms with Crippen LogP contribution in [0.15, 0.2) is 54.6 Å². The smallest absolute Gasteiger partial charge is 0.278 e. The molecule has 0 amide bonds. The number of carbonyl (C=O) groups is 1. The quantitative estimate of drug-likeness (QED) is 0.727. The molecule has 0 N–H and O–H groups in total. The van der Waals surface area contributed by atoms with Gasteiger partial charge < -0.3 is 9.80 Å². The molecule has 4 rings (SSSR count). The fraction of sp³-hybridized carbons (Fsp3) is 0.263. The Morgan fingerprint density at radius 1 is 0.917 bits per heavy atom. The molecule has 0 radical (unpaired) electrons. The van der Waals surface area contributed by atoms with Crippen molar-refractivity contribution in [3.63, 3.8) is 0 Å². The topological polar surface area (TPSA) is 41.4 Å². The van der Waals surface area contributed by atoms with Crippen molar-refractivity contribution in [1.29, 1.82) is 0 Å². The van der Waals surface area contributed by atoms with E-state index < -0.39 is 0 Å². The fourth-order valence-corrected chi connectivity index (χ4v) is 3.16. The zero-order chi connectivity index (χ0) is 16.5. The van der Waals surface area contributed by atoms with Gasteiger partial charge in [0, 0.05) is 37.1 Å². The summed E-state index contributed by atoms with van der Waals surface area (Å²) >= 11 is 0. The number of hydrogen-bond donors (Lipinski definition) is 0. The van der Waals surface area contributed by atoms with E-state index in [1.165, 1.54) is 0 Å². The van der Waals surface area contributed by atoms with E-state index in [4.69, 9.17) is 0 Å². The third-order valence-electron chi connectivity index (χ3n) is 4.58. The van der Waals surface area contributed by atoms with Gasteiger partial charge in [-0.3, -0.25) is 4.79 Å². The third kappa shape index (κ3) is 2.57. The van der Waals surface area contributed by atoms with E-state index in [1.807, 2.05) is 54.6 Å². The van der Waals surface area contributed by atoms with Crippen molar-refractivity contribution in [2.45, 2.75) is 0 Å². The van der Waals surface area contributed by atoms with Gasteiger partial charge in [0.05, 0.1) is 5.52 Å². The number of anilines is 1. The highest BCUT2D eigenvalue weighted by molar-refractivity contribution is 6.03. The van der Waals surface area contributed by atoms with E-state index in [-0.39, 0.29) is 5.91 Å². The van der Waals surface area contributed by atoms with Crippen molar-refractivity contribution in [2.75, 3.05) is 38.1 Å². The van der Waals surface area contributed by atoms with Crippen molar-refractivity contribution in [3.05, 3.63) is 60.2 Å². The summed E-state index contributed by atoms with van der Waals surface area (Å²) in [5.41, 5.74) is 1.51. The average Bonchev–Trinajstić information content (AvgIpc) is 3.02. The molecule has 1 aliphatic heterocycles. The van der Waals surface area contributed by atoms with Crippen LogP contribution < -0.4 is 4.90 Å². The summed E-state index contributed by atoms with van der Waals surface area (Å²) in [6.07, 6.45) is 0. The lowest BCUT2D eigenvalue weighted by molar-refractivity contribution is 0.0950. The highest BCUT2D eigenvalue weighted by Crippen LogP contribution is 2.27. The van der Waals surface area contributed by atoms with E-state index in [0.717, 1.165) is 42.9 Å². The first-order valence-corrected chi connectivity index (χ1v) is 8.25. The monoisotopic (exact) mass is 320 g/mol. The molecule has 0 spiro atoms. The maximum absolute atomic E-state index is 12.9. The van der Waals surface area contributed by atoms with Crippen molar-refractivity contribution < 1.29 is 4.79 Å². The van der Waals surface area contributed by atoms with Crippen LogP contribution in [0.3, 0.4) is 0 Å². The molecule has 5 nitrogen and oxygen atoms in total. The van der Waals surface area contributed by atoms with E-state index in [2.05, 4.69) is 21.9 Å². The van der Waals surface area contributed by atoms with Gasteiger partial charge in [-0.15, -0.1) is 5.10 Å². The molecule has 2 aromatic carbocycles. The summed E-state index contributed by atoms with van der Waals surface area (Å²) in [6.45, 7) is 3.87. The summed E-state index contributed by atoms with van der Waals surface area (Å²) < 4.78 is 1.54. The Morgan fingerprint density at radius 3 is 2.33 bits per heavy atom. The minimum atomic E-state index is -0.0906. The lowest BCUT2D eigenvalue weighted by atomic mass is 10.2. The Balaban J connectivity index is 1.78. The van der Waals surface area contributed by atoms with Gasteiger partial charge in [0.15, 0.2) is 5.82 Å². The van der Waals surface area contributed by atoms with Gasteiger partial charge in [-0.1, -0.05) is 30.3 Å². The summed E-state index contributed by atoms with van der Waals surface area (Å²) in [5.74, 6) is 0.815. The molecule has 3 aromatic rings. The van der Waals surface area contributed by atoms with Gasteiger partial charge in [-0.25, -0.2) is 0 Å². The zero-order valence-electron chi connectivity index (χ0n) is 13.7. The van der Waals surface area contributed by atoms with E-state index in [0.29, 0.717) is 5.56 Å². The van der Waals surface area contributed by atoms with Gasteiger partial charge in [0.1, 0.15) is 0 Å². The summed E-state index contributed by atoms with van der Waals surface area (Å²) in [4.78, 5) is 17.5. The Morgan fingerprint density at radius 2 is 1.58 bits per heavy atom. The number of nitrogens with zero attached hydrogens (tertiary/aromatic N) is 4. The molecule has 0 bridgehead atoms. The maximum Gasteiger partial charge on any atom is 0.278 e. The molecule has 24 heavy (non-hydrogen) atoms. The molecule has 1 aromatic heterocycles. The summed E-state index contributed by atoms with van der Waals surface area (Å²) in [6, 6.07) is 17.3. The van der Waals surface area contributed by atoms with Crippen molar-refractivity contribution >= 4 is 22.6 Å². The summed E-state index contributed by atoms with van der Waals surface area (Å²) in [7, 11) is 2.13. The average molecular weight is 320 g/mol. The number of hydrogen-bond acceptors (Lipinski definition) is 4. The first-order chi connectivity index (χ1) is 11.7. The van der Waals surface area contributed by atoms with Crippen LogP contribution in [0.1, 0.15) is 10.4 Å². The van der Waals surface area contributed by atoms with Crippen LogP contribution in [-0.2, 0) is 0 Å². The normalized spacial score (nSPS) is 15.8. The molecule has 2 heterocycles. The van der Waals surface area contributed by atoms with Crippen molar-refractivity contribution in [2.24, 2.45) is 0 Å². The maximum atomic E-state index is 12.9. The molecule has 1 fully saturated rings. The van der Waals surface area contributed by atoms with Gasteiger partial charge >= 0.3 is 0 Å². The molecule has 122 valence electrons. The van der Waals surface area contributed by atoms with Gasteiger partial charge in [0.25, 0.3) is 5.91 Å². The van der Waals surface area contributed by atoms with Crippen molar-refractivity contribution in [1.82, 2.24) is 14.7 Å². The third-order valence-corrected chi connectivity index (χ3v) is 4.58. The number of aromatic nitrogens is 2. The van der Waals surface area contributed by atoms with E-state index >= 15 is 0 Å². The van der Waals surface area contributed by atoms with Crippen molar-refractivity contribution in [3.8, 4) is 0 Å². The van der Waals surface area contributed by atoms with Crippen LogP contribution in [0.4, 0.5) is 5.82 Å². The van der Waals surface area contributed by atoms with Crippen LogP contribution in [0.2, 0.25) is 0 Å². The molecular formula is C19H20N4O. The highest BCUT2D eigenvalue weighted by Gasteiger charge is 2.22. The lowest BCUT2D eigenvalue weighted by Gasteiger charge is -2.32. The van der Waals surface area contributed by atoms with Crippen LogP contribution in [0.5, 0.6) is 0 Å². The summed E-state index contributed by atoms with van der Waals surface area (Å²) in [5, 5.41) is 5.72. The number of carbonyl (C=O) groups excluding carboxylic acids is 1. The second-order valence-electron chi connectivity index (χ2n) is 6.21. The number of para-hydroxylation sites is 1. The fourth-order valence-electron chi connectivity index (χ4n) is 3.16. The minimum absolute atomic E-state index is 0.0906. The number of fused-ring (bicyclic) bond motifs is 1. The standard InChI is InChI=1S/C19H20N4O/c1-21-11-13-22(14-12-21)18-16-9-5-6-10-17(16)23(20-18)19(24)15-7-3-2-4-8-15/h2-10H,11-14H2,1H3. The van der Waals surface area contributed by atoms with Crippen LogP contribution in [0, 0.1) is 0 Å². The molecule has 5 heteroatoms. The van der Waals surface area contributed by atoms with Crippen LogP contribution >= 0.6 is 0 Å². The second-order valence-corrected chi connectivity index (χ2v) is 6.21. The SMILES string of the molecule is CN1CCN(c2nn(C(=O)c3ccccc3)c3ccccc23)CC1. The van der Waals surface area contributed by atoms with Gasteiger partial charge in [-0.05, 0) is 31.3 Å². The zero-order valence-corrected chi connectivity index (χ0v) is 13.7. The first-order valence-electron chi connectivity index (χ1n) is 8.25. The molecule has 0 aliphatic carbocycles. The Bertz CT molecular complexity index is 863. The Labute approximate surface area is 141 Å². The van der Waals surface area contributed by atoms with E-state index in [1.54, 1.807) is 4.68 Å². The Kier molecular flexibility index (Phi) is 3.78. The number of rotatable bonds is 2. The molecule has 0 atom stereocenters. The van der Waals surface area contributed by atoms with Gasteiger partial charge in [0.2, 0.25) is 0 Å². The number of likely N-dealkylation sites (N-methyl/N-ethyl adjacent to an activating group) is 1. The molecule has 1 saturated heterocycles. The molecular weight excluding hydrogens is 300 g/mol. The predicted octanol–water partition coefficient (Wildman–Crippen LogP) is 2.48. The first kappa shape index (κ1) is 14.9. The highest BCUT2D eigenvalue weighted by atomic mass is 16.2. The Hall–Kier alpha value is -2.66. The molecule has 0 saturated carbocycles. The molecule has 0 unspecified atom stereocenters. The van der Waals surface area contributed by atoms with Crippen LogP contribution in [0.25, 0.3) is 10.9 Å². The minimum Gasteiger partial charge on any atom is -0.352 e. The largest absolute Gasteiger partial charge is 0.352 e. The lowest BCUT2D eigenvalue weighted by Crippen LogP contribution is -2.44. The molecule has 1 aliphatic rings. The van der Waals surface area contributed by atoms with E-state index in [9.17, 15) is 4.79 Å². The predicted molar refractivity (Wildman–Crippen MR) is 95.6 cm³/mol. The second kappa shape index (κ2) is 6.09. The van der Waals surface area contributed by atoms with Gasteiger partial charge in [-0.2, -0.15) is 4.68 Å².